The zero-order chi connectivity index (χ0) is 22.9. The average Bonchev–Trinajstić information content (AvgIpc) is 3.26. The SMILES string of the molecule is Cc1cccc(-c2nn(-c3ccccc3)cc2C(=O)Nc2ccc3c(c2)NC(=O)[C@H](C)O3)c1. The molecule has 2 N–H and O–H groups in total. The van der Waals surface area contributed by atoms with Crippen LogP contribution >= 0.6 is 0 Å². The molecule has 0 bridgehead atoms. The van der Waals surface area contributed by atoms with Gasteiger partial charge in [-0.3, -0.25) is 9.59 Å². The van der Waals surface area contributed by atoms with Gasteiger partial charge in [-0.2, -0.15) is 5.10 Å². The van der Waals surface area contributed by atoms with Crippen LogP contribution in [0.5, 0.6) is 5.75 Å². The predicted octanol–water partition coefficient (Wildman–Crippen LogP) is 4.82. The largest absolute Gasteiger partial charge is 0.479 e. The number of amides is 2. The number of carbonyl (C=O) groups is 2. The van der Waals surface area contributed by atoms with Gasteiger partial charge in [0.1, 0.15) is 11.4 Å². The molecular weight excluding hydrogens is 416 g/mol. The molecule has 0 unspecified atom stereocenters. The van der Waals surface area contributed by atoms with Gasteiger partial charge in [-0.15, -0.1) is 0 Å². The van der Waals surface area contributed by atoms with Gasteiger partial charge in [0.05, 0.1) is 16.9 Å². The molecule has 164 valence electrons. The Morgan fingerprint density at radius 2 is 1.88 bits per heavy atom. The molecule has 4 aromatic rings. The Morgan fingerprint density at radius 3 is 2.67 bits per heavy atom. The molecule has 0 aliphatic carbocycles. The lowest BCUT2D eigenvalue weighted by Crippen LogP contribution is -2.34. The van der Waals surface area contributed by atoms with Gasteiger partial charge in [0, 0.05) is 17.4 Å². The normalized spacial score (nSPS) is 14.7. The molecule has 0 saturated heterocycles. The van der Waals surface area contributed by atoms with Crippen molar-refractivity contribution in [2.75, 3.05) is 10.6 Å². The first-order valence-corrected chi connectivity index (χ1v) is 10.6. The van der Waals surface area contributed by atoms with Gasteiger partial charge in [0.2, 0.25) is 0 Å². The Balaban J connectivity index is 1.50. The van der Waals surface area contributed by atoms with E-state index in [2.05, 4.69) is 10.6 Å². The van der Waals surface area contributed by atoms with Gasteiger partial charge in [-0.1, -0.05) is 42.0 Å². The molecule has 0 fully saturated rings. The van der Waals surface area contributed by atoms with Gasteiger partial charge in [0.15, 0.2) is 6.10 Å². The number of para-hydroxylation sites is 1. The number of rotatable bonds is 4. The van der Waals surface area contributed by atoms with Gasteiger partial charge < -0.3 is 15.4 Å². The molecule has 7 heteroatoms. The smallest absolute Gasteiger partial charge is 0.265 e. The summed E-state index contributed by atoms with van der Waals surface area (Å²) in [5.41, 5.74) is 4.88. The third kappa shape index (κ3) is 4.08. The molecule has 1 atom stereocenters. The van der Waals surface area contributed by atoms with Crippen LogP contribution in [-0.2, 0) is 4.79 Å². The molecule has 33 heavy (non-hydrogen) atoms. The molecule has 1 aliphatic rings. The second kappa shape index (κ2) is 8.27. The molecule has 2 heterocycles. The lowest BCUT2D eigenvalue weighted by Gasteiger charge is -2.23. The van der Waals surface area contributed by atoms with Gasteiger partial charge in [0.25, 0.3) is 11.8 Å². The minimum absolute atomic E-state index is 0.225. The molecule has 2 amide bonds. The van der Waals surface area contributed by atoms with E-state index in [0.717, 1.165) is 16.8 Å². The van der Waals surface area contributed by atoms with Crippen LogP contribution in [-0.4, -0.2) is 27.7 Å². The van der Waals surface area contributed by atoms with Gasteiger partial charge in [-0.05, 0) is 50.2 Å². The monoisotopic (exact) mass is 438 g/mol. The minimum Gasteiger partial charge on any atom is -0.479 e. The summed E-state index contributed by atoms with van der Waals surface area (Å²) in [7, 11) is 0. The number of nitrogens with zero attached hydrogens (tertiary/aromatic N) is 2. The Labute approximate surface area is 191 Å². The van der Waals surface area contributed by atoms with E-state index >= 15 is 0 Å². The van der Waals surface area contributed by atoms with Crippen LogP contribution in [0.15, 0.2) is 79.0 Å². The summed E-state index contributed by atoms with van der Waals surface area (Å²) < 4.78 is 7.29. The number of fused-ring (bicyclic) bond motifs is 1. The Hall–Kier alpha value is -4.39. The number of nitrogens with one attached hydrogen (secondary N) is 2. The highest BCUT2D eigenvalue weighted by atomic mass is 16.5. The standard InChI is InChI=1S/C26H22N4O3/c1-16-7-6-8-18(13-16)24-21(15-30(29-24)20-9-4-3-5-10-20)26(32)27-19-11-12-23-22(14-19)28-25(31)17(2)33-23/h3-15,17H,1-2H3,(H,27,32)(H,28,31)/t17-/m0/s1. The van der Waals surface area contributed by atoms with Crippen molar-refractivity contribution in [3.05, 3.63) is 90.1 Å². The number of aromatic nitrogens is 2. The lowest BCUT2D eigenvalue weighted by atomic mass is 10.1. The van der Waals surface area contributed by atoms with Crippen LogP contribution in [0.4, 0.5) is 11.4 Å². The summed E-state index contributed by atoms with van der Waals surface area (Å²) in [4.78, 5) is 25.3. The van der Waals surface area contributed by atoms with Crippen molar-refractivity contribution >= 4 is 23.2 Å². The first-order chi connectivity index (χ1) is 16.0. The second-order valence-electron chi connectivity index (χ2n) is 7.96. The van der Waals surface area contributed by atoms with Crippen LogP contribution in [0.3, 0.4) is 0 Å². The molecule has 1 aromatic heterocycles. The van der Waals surface area contributed by atoms with Crippen LogP contribution in [0, 0.1) is 6.92 Å². The fourth-order valence-electron chi connectivity index (χ4n) is 3.74. The Morgan fingerprint density at radius 1 is 1.06 bits per heavy atom. The number of hydrogen-bond donors (Lipinski definition) is 2. The van der Waals surface area contributed by atoms with Crippen LogP contribution in [0.25, 0.3) is 16.9 Å². The van der Waals surface area contributed by atoms with Gasteiger partial charge >= 0.3 is 0 Å². The summed E-state index contributed by atoms with van der Waals surface area (Å²) in [6.07, 6.45) is 1.17. The van der Waals surface area contributed by atoms with Crippen LogP contribution in [0.2, 0.25) is 0 Å². The van der Waals surface area contributed by atoms with E-state index in [4.69, 9.17) is 9.84 Å². The fourth-order valence-corrected chi connectivity index (χ4v) is 3.74. The van der Waals surface area contributed by atoms with Crippen molar-refractivity contribution in [2.24, 2.45) is 0 Å². The third-order valence-electron chi connectivity index (χ3n) is 5.44. The van der Waals surface area contributed by atoms with E-state index in [0.29, 0.717) is 28.4 Å². The zero-order valence-corrected chi connectivity index (χ0v) is 18.2. The summed E-state index contributed by atoms with van der Waals surface area (Å²) in [6, 6.07) is 22.7. The predicted molar refractivity (Wildman–Crippen MR) is 127 cm³/mol. The van der Waals surface area contributed by atoms with E-state index in [1.807, 2.05) is 61.5 Å². The molecule has 0 radical (unpaired) electrons. The highest BCUT2D eigenvalue weighted by molar-refractivity contribution is 6.08. The number of benzene rings is 3. The van der Waals surface area contributed by atoms with Gasteiger partial charge in [-0.25, -0.2) is 4.68 Å². The van der Waals surface area contributed by atoms with E-state index in [-0.39, 0.29) is 11.8 Å². The van der Waals surface area contributed by atoms with E-state index < -0.39 is 6.10 Å². The summed E-state index contributed by atoms with van der Waals surface area (Å²) in [5.74, 6) is 0.0411. The highest BCUT2D eigenvalue weighted by Gasteiger charge is 2.24. The summed E-state index contributed by atoms with van der Waals surface area (Å²) in [6.45, 7) is 3.69. The summed E-state index contributed by atoms with van der Waals surface area (Å²) in [5, 5.41) is 10.4. The number of hydrogen-bond acceptors (Lipinski definition) is 4. The maximum absolute atomic E-state index is 13.3. The van der Waals surface area contributed by atoms with E-state index in [9.17, 15) is 9.59 Å². The molecule has 0 saturated carbocycles. The van der Waals surface area contributed by atoms with Crippen molar-refractivity contribution < 1.29 is 14.3 Å². The molecule has 1 aliphatic heterocycles. The van der Waals surface area contributed by atoms with E-state index in [1.54, 1.807) is 36.0 Å². The van der Waals surface area contributed by atoms with Crippen molar-refractivity contribution in [1.29, 1.82) is 0 Å². The first kappa shape index (κ1) is 20.5. The van der Waals surface area contributed by atoms with Crippen molar-refractivity contribution in [3.8, 4) is 22.7 Å². The third-order valence-corrected chi connectivity index (χ3v) is 5.44. The number of aryl methyl sites for hydroxylation is 1. The van der Waals surface area contributed by atoms with E-state index in [1.165, 1.54) is 0 Å². The maximum atomic E-state index is 13.3. The fraction of sp³-hybridized carbons (Fsp3) is 0.115. The molecular formula is C26H22N4O3. The number of ether oxygens (including phenoxy) is 1. The highest BCUT2D eigenvalue weighted by Crippen LogP contribution is 2.33. The molecule has 5 rings (SSSR count). The topological polar surface area (TPSA) is 85.3 Å². The Bertz CT molecular complexity index is 1360. The number of carbonyl (C=O) groups excluding carboxylic acids is 2. The van der Waals surface area contributed by atoms with Crippen molar-refractivity contribution in [1.82, 2.24) is 9.78 Å². The van der Waals surface area contributed by atoms with Crippen molar-refractivity contribution in [3.63, 3.8) is 0 Å². The quantitative estimate of drug-likeness (QED) is 0.478. The molecule has 3 aromatic carbocycles. The molecule has 7 nitrogen and oxygen atoms in total. The first-order valence-electron chi connectivity index (χ1n) is 10.6. The number of anilines is 2. The second-order valence-corrected chi connectivity index (χ2v) is 7.96. The van der Waals surface area contributed by atoms with Crippen LogP contribution < -0.4 is 15.4 Å². The average molecular weight is 438 g/mol. The summed E-state index contributed by atoms with van der Waals surface area (Å²) >= 11 is 0. The molecule has 0 spiro atoms. The Kier molecular flexibility index (Phi) is 5.14. The zero-order valence-electron chi connectivity index (χ0n) is 18.2. The van der Waals surface area contributed by atoms with Crippen molar-refractivity contribution in [2.45, 2.75) is 20.0 Å². The van der Waals surface area contributed by atoms with Crippen LogP contribution in [0.1, 0.15) is 22.8 Å². The minimum atomic E-state index is -0.557. The maximum Gasteiger partial charge on any atom is 0.265 e. The lowest BCUT2D eigenvalue weighted by molar-refractivity contribution is -0.122.